The molecule has 6 nitrogen and oxygen atoms in total. The van der Waals surface area contributed by atoms with E-state index in [0.717, 1.165) is 5.56 Å². The second-order valence-electron chi connectivity index (χ2n) is 8.03. The fourth-order valence-electron chi connectivity index (χ4n) is 3.43. The molecule has 0 saturated carbocycles. The Morgan fingerprint density at radius 2 is 1.48 bits per heavy atom. The lowest BCUT2D eigenvalue weighted by Gasteiger charge is -2.40. The molecule has 1 atom stereocenters. The summed E-state index contributed by atoms with van der Waals surface area (Å²) in [4.78, 5) is 40.8. The zero-order valence-electron chi connectivity index (χ0n) is 17.0. The van der Waals surface area contributed by atoms with E-state index in [1.165, 1.54) is 6.92 Å². The van der Waals surface area contributed by atoms with Crippen molar-refractivity contribution in [3.63, 3.8) is 0 Å². The number of carbonyl (C=O) groups excluding carboxylic acids is 3. The van der Waals surface area contributed by atoms with E-state index in [1.54, 1.807) is 4.90 Å². The molecule has 0 aromatic heterocycles. The van der Waals surface area contributed by atoms with Crippen LogP contribution in [-0.4, -0.2) is 59.7 Å². The van der Waals surface area contributed by atoms with Crippen molar-refractivity contribution >= 4 is 17.7 Å². The minimum Gasteiger partial charge on any atom is -0.344 e. The third-order valence-corrected chi connectivity index (χ3v) is 5.20. The van der Waals surface area contributed by atoms with Gasteiger partial charge in [0, 0.05) is 33.1 Å². The van der Waals surface area contributed by atoms with Gasteiger partial charge in [0.05, 0.1) is 5.41 Å². The summed E-state index contributed by atoms with van der Waals surface area (Å²) in [6, 6.07) is 9.24. The molecule has 3 amide bonds. The maximum absolute atomic E-state index is 13.0. The van der Waals surface area contributed by atoms with Crippen LogP contribution in [0, 0.1) is 5.92 Å². The predicted octanol–water partition coefficient (Wildman–Crippen LogP) is 1.80. The number of nitrogens with zero attached hydrogens (tertiary/aromatic N) is 2. The van der Waals surface area contributed by atoms with Crippen molar-refractivity contribution in [1.29, 1.82) is 0 Å². The summed E-state index contributed by atoms with van der Waals surface area (Å²) in [7, 11) is 0. The topological polar surface area (TPSA) is 69.7 Å². The molecule has 2 rings (SSSR count). The SMILES string of the molecule is CC(=O)NC(C(=O)N1CCN(C(=O)C(C)(C)c2ccccc2)CC1)C(C)C. The number of benzene rings is 1. The van der Waals surface area contributed by atoms with Crippen LogP contribution >= 0.6 is 0 Å². The molecule has 1 aliphatic rings. The van der Waals surface area contributed by atoms with Crippen molar-refractivity contribution in [1.82, 2.24) is 15.1 Å². The lowest BCUT2D eigenvalue weighted by atomic mass is 9.83. The lowest BCUT2D eigenvalue weighted by Crippen LogP contribution is -2.58. The summed E-state index contributed by atoms with van der Waals surface area (Å²) in [5, 5.41) is 2.75. The Balaban J connectivity index is 2.01. The number of hydrogen-bond donors (Lipinski definition) is 1. The molecule has 0 spiro atoms. The highest BCUT2D eigenvalue weighted by Gasteiger charge is 2.37. The summed E-state index contributed by atoms with van der Waals surface area (Å²) in [6.07, 6.45) is 0. The smallest absolute Gasteiger partial charge is 0.245 e. The molecule has 0 bridgehead atoms. The fourth-order valence-corrected chi connectivity index (χ4v) is 3.43. The average molecular weight is 373 g/mol. The molecule has 1 N–H and O–H groups in total. The standard InChI is InChI=1S/C21H31N3O3/c1-15(2)18(22-16(3)25)19(26)23-11-13-24(14-12-23)20(27)21(4,5)17-9-7-6-8-10-17/h6-10,15,18H,11-14H2,1-5H3,(H,22,25). The highest BCUT2D eigenvalue weighted by atomic mass is 16.2. The highest BCUT2D eigenvalue weighted by molar-refractivity contribution is 5.89. The molecule has 6 heteroatoms. The van der Waals surface area contributed by atoms with Crippen LogP contribution in [0.2, 0.25) is 0 Å². The molecule has 1 aliphatic heterocycles. The van der Waals surface area contributed by atoms with Crippen LogP contribution in [-0.2, 0) is 19.8 Å². The average Bonchev–Trinajstić information content (AvgIpc) is 2.65. The van der Waals surface area contributed by atoms with Crippen LogP contribution in [0.5, 0.6) is 0 Å². The first-order valence-corrected chi connectivity index (χ1v) is 9.55. The number of piperazine rings is 1. The Kier molecular flexibility index (Phi) is 6.63. The van der Waals surface area contributed by atoms with Gasteiger partial charge in [-0.15, -0.1) is 0 Å². The lowest BCUT2D eigenvalue weighted by molar-refractivity contribution is -0.144. The largest absolute Gasteiger partial charge is 0.344 e. The molecule has 1 fully saturated rings. The first kappa shape index (κ1) is 20.9. The minimum absolute atomic E-state index is 0.0121. The van der Waals surface area contributed by atoms with Crippen LogP contribution in [0.15, 0.2) is 30.3 Å². The Hall–Kier alpha value is -2.37. The zero-order valence-corrected chi connectivity index (χ0v) is 17.0. The second-order valence-corrected chi connectivity index (χ2v) is 8.03. The van der Waals surface area contributed by atoms with Crippen molar-refractivity contribution in [2.24, 2.45) is 5.92 Å². The Labute approximate surface area is 161 Å². The molecule has 1 unspecified atom stereocenters. The van der Waals surface area contributed by atoms with Gasteiger partial charge in [0.1, 0.15) is 6.04 Å². The number of amides is 3. The van der Waals surface area contributed by atoms with E-state index < -0.39 is 11.5 Å². The molecule has 1 heterocycles. The van der Waals surface area contributed by atoms with E-state index in [1.807, 2.05) is 62.9 Å². The number of hydrogen-bond acceptors (Lipinski definition) is 3. The summed E-state index contributed by atoms with van der Waals surface area (Å²) >= 11 is 0. The molecular weight excluding hydrogens is 342 g/mol. The summed E-state index contributed by atoms with van der Waals surface area (Å²) < 4.78 is 0. The maximum Gasteiger partial charge on any atom is 0.245 e. The number of rotatable bonds is 5. The first-order valence-electron chi connectivity index (χ1n) is 9.55. The van der Waals surface area contributed by atoms with Gasteiger partial charge in [-0.05, 0) is 25.3 Å². The van der Waals surface area contributed by atoms with E-state index in [2.05, 4.69) is 5.32 Å². The van der Waals surface area contributed by atoms with Gasteiger partial charge in [-0.25, -0.2) is 0 Å². The van der Waals surface area contributed by atoms with E-state index in [4.69, 9.17) is 0 Å². The molecule has 0 aliphatic carbocycles. The van der Waals surface area contributed by atoms with Crippen LogP contribution in [0.4, 0.5) is 0 Å². The molecule has 1 aromatic rings. The Bertz CT molecular complexity index is 677. The molecular formula is C21H31N3O3. The van der Waals surface area contributed by atoms with Gasteiger partial charge in [0.25, 0.3) is 0 Å². The van der Waals surface area contributed by atoms with Gasteiger partial charge < -0.3 is 15.1 Å². The van der Waals surface area contributed by atoms with Crippen molar-refractivity contribution in [3.05, 3.63) is 35.9 Å². The number of nitrogens with one attached hydrogen (secondary N) is 1. The summed E-state index contributed by atoms with van der Waals surface area (Å²) in [5.41, 5.74) is 0.378. The van der Waals surface area contributed by atoms with Crippen LogP contribution in [0.3, 0.4) is 0 Å². The van der Waals surface area contributed by atoms with Crippen molar-refractivity contribution in [2.45, 2.75) is 46.1 Å². The van der Waals surface area contributed by atoms with Gasteiger partial charge in [-0.2, -0.15) is 0 Å². The van der Waals surface area contributed by atoms with E-state index in [9.17, 15) is 14.4 Å². The van der Waals surface area contributed by atoms with Crippen molar-refractivity contribution in [3.8, 4) is 0 Å². The molecule has 1 aromatic carbocycles. The van der Waals surface area contributed by atoms with E-state index in [0.29, 0.717) is 26.2 Å². The fraction of sp³-hybridized carbons (Fsp3) is 0.571. The van der Waals surface area contributed by atoms with Crippen molar-refractivity contribution in [2.75, 3.05) is 26.2 Å². The third kappa shape index (κ3) is 4.87. The van der Waals surface area contributed by atoms with Gasteiger partial charge in [-0.3, -0.25) is 14.4 Å². The van der Waals surface area contributed by atoms with Crippen LogP contribution in [0.1, 0.15) is 40.2 Å². The molecule has 1 saturated heterocycles. The maximum atomic E-state index is 13.0. The van der Waals surface area contributed by atoms with Gasteiger partial charge in [0.15, 0.2) is 0 Å². The third-order valence-electron chi connectivity index (χ3n) is 5.20. The second kappa shape index (κ2) is 8.55. The van der Waals surface area contributed by atoms with Crippen LogP contribution < -0.4 is 5.32 Å². The number of carbonyl (C=O) groups is 3. The Morgan fingerprint density at radius 3 is 1.96 bits per heavy atom. The zero-order chi connectivity index (χ0) is 20.2. The van der Waals surface area contributed by atoms with Crippen molar-refractivity contribution < 1.29 is 14.4 Å². The van der Waals surface area contributed by atoms with E-state index >= 15 is 0 Å². The van der Waals surface area contributed by atoms with E-state index in [-0.39, 0.29) is 23.6 Å². The summed E-state index contributed by atoms with van der Waals surface area (Å²) in [5.74, 6) is -0.198. The predicted molar refractivity (Wildman–Crippen MR) is 105 cm³/mol. The molecule has 27 heavy (non-hydrogen) atoms. The highest BCUT2D eigenvalue weighted by Crippen LogP contribution is 2.26. The van der Waals surface area contributed by atoms with Gasteiger partial charge in [0.2, 0.25) is 17.7 Å². The molecule has 0 radical (unpaired) electrons. The summed E-state index contributed by atoms with van der Waals surface area (Å²) in [6.45, 7) is 11.1. The first-order chi connectivity index (χ1) is 12.6. The minimum atomic E-state index is -0.607. The Morgan fingerprint density at radius 1 is 0.963 bits per heavy atom. The van der Waals surface area contributed by atoms with Gasteiger partial charge >= 0.3 is 0 Å². The molecule has 148 valence electrons. The van der Waals surface area contributed by atoms with Gasteiger partial charge in [-0.1, -0.05) is 44.2 Å². The van der Waals surface area contributed by atoms with Crippen LogP contribution in [0.25, 0.3) is 0 Å². The quantitative estimate of drug-likeness (QED) is 0.856. The normalized spacial score (nSPS) is 16.2. The monoisotopic (exact) mass is 373 g/mol.